The van der Waals surface area contributed by atoms with Gasteiger partial charge in [0.1, 0.15) is 5.60 Å². The molecule has 6 rings (SSSR count). The maximum absolute atomic E-state index is 14.2. The average molecular weight is 753 g/mol. The zero-order valence-electron chi connectivity index (χ0n) is 36.2. The summed E-state index contributed by atoms with van der Waals surface area (Å²) in [7, 11) is 1.67. The van der Waals surface area contributed by atoms with Crippen LogP contribution in [0.3, 0.4) is 0 Å². The van der Waals surface area contributed by atoms with Gasteiger partial charge in [-0.2, -0.15) is 0 Å². The Bertz CT molecular complexity index is 1470. The van der Waals surface area contributed by atoms with Crippen LogP contribution in [-0.4, -0.2) is 66.9 Å². The zero-order chi connectivity index (χ0) is 39.8. The van der Waals surface area contributed by atoms with Gasteiger partial charge in [0, 0.05) is 32.0 Å². The van der Waals surface area contributed by atoms with Crippen molar-refractivity contribution in [2.24, 2.45) is 62.6 Å². The third-order valence-corrected chi connectivity index (χ3v) is 17.6. The molecule has 5 saturated carbocycles. The minimum Gasteiger partial charge on any atom is -0.465 e. The van der Waals surface area contributed by atoms with Crippen LogP contribution in [0.2, 0.25) is 0 Å². The Labute approximate surface area is 328 Å². The molecular weight excluding hydrogens is 677 g/mol. The summed E-state index contributed by atoms with van der Waals surface area (Å²) in [6.45, 7) is 29.9. The van der Waals surface area contributed by atoms with Crippen molar-refractivity contribution < 1.29 is 28.6 Å². The van der Waals surface area contributed by atoms with Gasteiger partial charge in [-0.3, -0.25) is 9.59 Å². The second-order valence-corrected chi connectivity index (χ2v) is 21.6. The molecule has 0 aromatic rings. The van der Waals surface area contributed by atoms with Gasteiger partial charge in [0.15, 0.2) is 0 Å². The van der Waals surface area contributed by atoms with Gasteiger partial charge in [-0.25, -0.2) is 4.79 Å². The molecular formula is C46H76N2O6. The highest BCUT2D eigenvalue weighted by Gasteiger charge is 2.71. The summed E-state index contributed by atoms with van der Waals surface area (Å²) >= 11 is 0. The van der Waals surface area contributed by atoms with E-state index in [0.29, 0.717) is 42.7 Å². The maximum Gasteiger partial charge on any atom is 0.410 e. The summed E-state index contributed by atoms with van der Waals surface area (Å²) in [4.78, 5) is 41.2. The van der Waals surface area contributed by atoms with Crippen LogP contribution in [-0.2, 0) is 23.8 Å². The molecule has 0 aromatic heterocycles. The van der Waals surface area contributed by atoms with Crippen LogP contribution in [0.15, 0.2) is 12.2 Å². The van der Waals surface area contributed by atoms with E-state index in [1.807, 2.05) is 27.7 Å². The standard InChI is InChI=1S/C46H76N2O6/c1-28(2)31-18-23-46(27-53-30(4)49)25-24-44(11)32(37(31)46)16-17-35-43(10)21-20-36(42(8,9)34(43)19-22-45(35,44)12)47-39(50)29(3)38(52-13)33-15-14-26-48(33)40(51)54-41(5,6)7/h29,31-38H,1,14-27H2,2-13H3,(H,47,50)/t29-,31+,32-,33+,34+,35-,36+,37-,38-,43+,44-,45-,46-/m1/s1. The van der Waals surface area contributed by atoms with Crippen LogP contribution in [0.25, 0.3) is 0 Å². The zero-order valence-corrected chi connectivity index (χ0v) is 36.2. The van der Waals surface area contributed by atoms with Crippen molar-refractivity contribution in [3.05, 3.63) is 12.2 Å². The summed E-state index contributed by atoms with van der Waals surface area (Å²) in [6, 6.07) is -0.112. The first-order chi connectivity index (χ1) is 25.1. The first-order valence-corrected chi connectivity index (χ1v) is 21.7. The third kappa shape index (κ3) is 6.66. The van der Waals surface area contributed by atoms with E-state index in [0.717, 1.165) is 38.5 Å². The molecule has 1 heterocycles. The van der Waals surface area contributed by atoms with E-state index in [9.17, 15) is 14.4 Å². The van der Waals surface area contributed by atoms with Crippen LogP contribution in [0.4, 0.5) is 4.79 Å². The number of ether oxygens (including phenoxy) is 3. The molecule has 0 spiro atoms. The van der Waals surface area contributed by atoms with E-state index in [4.69, 9.17) is 14.2 Å². The van der Waals surface area contributed by atoms with Gasteiger partial charge in [0.2, 0.25) is 5.91 Å². The summed E-state index contributed by atoms with van der Waals surface area (Å²) in [5.41, 5.74) is 1.38. The van der Waals surface area contributed by atoms with Crippen molar-refractivity contribution in [3.63, 3.8) is 0 Å². The number of allylic oxidation sites excluding steroid dienone is 1. The number of methoxy groups -OCH3 is 1. The predicted octanol–water partition coefficient (Wildman–Crippen LogP) is 9.74. The molecule has 1 saturated heterocycles. The Kier molecular flexibility index (Phi) is 11.1. The molecule has 8 heteroatoms. The summed E-state index contributed by atoms with van der Waals surface area (Å²) in [6.07, 6.45) is 12.6. The summed E-state index contributed by atoms with van der Waals surface area (Å²) in [5, 5.41) is 3.58. The normalized spacial score (nSPS) is 42.4. The van der Waals surface area contributed by atoms with E-state index in [2.05, 4.69) is 53.4 Å². The number of nitrogens with zero attached hydrogens (tertiary/aromatic N) is 1. The number of carbonyl (C=O) groups is 3. The fourth-order valence-electron chi connectivity index (χ4n) is 14.9. The minimum absolute atomic E-state index is 0.0244. The molecule has 0 bridgehead atoms. The van der Waals surface area contributed by atoms with Crippen LogP contribution in [0.5, 0.6) is 0 Å². The Morgan fingerprint density at radius 3 is 2.20 bits per heavy atom. The first-order valence-electron chi connectivity index (χ1n) is 21.7. The van der Waals surface area contributed by atoms with Crippen molar-refractivity contribution in [1.82, 2.24) is 10.2 Å². The molecule has 8 nitrogen and oxygen atoms in total. The smallest absolute Gasteiger partial charge is 0.410 e. The molecule has 306 valence electrons. The highest BCUT2D eigenvalue weighted by Crippen LogP contribution is 2.77. The van der Waals surface area contributed by atoms with Crippen LogP contribution in [0.1, 0.15) is 153 Å². The molecule has 5 aliphatic carbocycles. The molecule has 1 N–H and O–H groups in total. The molecule has 0 unspecified atom stereocenters. The van der Waals surface area contributed by atoms with E-state index < -0.39 is 17.6 Å². The topological polar surface area (TPSA) is 94.2 Å². The quantitative estimate of drug-likeness (QED) is 0.196. The Hall–Kier alpha value is -2.09. The lowest BCUT2D eigenvalue weighted by Crippen LogP contribution is -2.68. The molecule has 54 heavy (non-hydrogen) atoms. The summed E-state index contributed by atoms with van der Waals surface area (Å²) < 4.78 is 17.6. The Balaban J connectivity index is 1.19. The van der Waals surface area contributed by atoms with E-state index in [-0.39, 0.29) is 57.1 Å². The average Bonchev–Trinajstić information content (AvgIpc) is 3.71. The van der Waals surface area contributed by atoms with Crippen LogP contribution >= 0.6 is 0 Å². The second-order valence-electron chi connectivity index (χ2n) is 21.6. The Morgan fingerprint density at radius 2 is 1.57 bits per heavy atom. The lowest BCUT2D eigenvalue weighted by molar-refractivity contribution is -0.242. The Morgan fingerprint density at radius 1 is 0.870 bits per heavy atom. The maximum atomic E-state index is 14.2. The number of esters is 1. The van der Waals surface area contributed by atoms with Crippen molar-refractivity contribution in [2.45, 2.75) is 177 Å². The van der Waals surface area contributed by atoms with Crippen molar-refractivity contribution >= 4 is 18.0 Å². The number of hydrogen-bond donors (Lipinski definition) is 1. The molecule has 0 aromatic carbocycles. The fraction of sp³-hybridized carbons (Fsp3) is 0.891. The molecule has 2 amide bonds. The van der Waals surface area contributed by atoms with E-state index >= 15 is 0 Å². The second kappa shape index (κ2) is 14.4. The van der Waals surface area contributed by atoms with Gasteiger partial charge < -0.3 is 24.4 Å². The van der Waals surface area contributed by atoms with Gasteiger partial charge in [-0.05, 0) is 156 Å². The number of amides is 2. The van der Waals surface area contributed by atoms with Gasteiger partial charge in [-0.1, -0.05) is 53.7 Å². The SMILES string of the molecule is C=C(C)[C@@H]1CC[C@]2(COC(C)=O)CC[C@]3(C)[C@H](CC[C@@H]4[C@@]5(C)CC[C@H](NC(=O)[C@H](C)[C@@H](OC)[C@@H]6CCCN6C(=O)OC(C)(C)C)C(C)(C)[C@@H]5CC[C@]43C)[C@@H]12. The van der Waals surface area contributed by atoms with Gasteiger partial charge in [0.05, 0.1) is 24.7 Å². The lowest BCUT2D eigenvalue weighted by atomic mass is 9.32. The van der Waals surface area contributed by atoms with E-state index in [1.165, 1.54) is 44.1 Å². The van der Waals surface area contributed by atoms with Crippen molar-refractivity contribution in [1.29, 1.82) is 0 Å². The minimum atomic E-state index is -0.581. The highest BCUT2D eigenvalue weighted by atomic mass is 16.6. The summed E-state index contributed by atoms with van der Waals surface area (Å²) in [5.74, 6) is 2.24. The molecule has 1 aliphatic heterocycles. The van der Waals surface area contributed by atoms with Gasteiger partial charge in [0.25, 0.3) is 0 Å². The van der Waals surface area contributed by atoms with Gasteiger partial charge in [-0.15, -0.1) is 0 Å². The molecule has 6 fully saturated rings. The lowest BCUT2D eigenvalue weighted by Gasteiger charge is -2.73. The molecule has 13 atom stereocenters. The first kappa shape index (κ1) is 41.5. The number of rotatable bonds is 8. The number of hydrogen-bond acceptors (Lipinski definition) is 6. The van der Waals surface area contributed by atoms with Crippen molar-refractivity contribution in [3.8, 4) is 0 Å². The van der Waals surface area contributed by atoms with Crippen LogP contribution < -0.4 is 5.32 Å². The number of likely N-dealkylation sites (tertiary alicyclic amines) is 1. The van der Waals surface area contributed by atoms with E-state index in [1.54, 1.807) is 18.9 Å². The number of fused-ring (bicyclic) bond motifs is 7. The largest absolute Gasteiger partial charge is 0.465 e. The molecule has 6 aliphatic rings. The van der Waals surface area contributed by atoms with Crippen molar-refractivity contribution in [2.75, 3.05) is 20.3 Å². The number of carbonyl (C=O) groups excluding carboxylic acids is 3. The third-order valence-electron chi connectivity index (χ3n) is 17.6. The fourth-order valence-corrected chi connectivity index (χ4v) is 14.9. The monoisotopic (exact) mass is 753 g/mol. The molecule has 0 radical (unpaired) electrons. The number of nitrogens with one attached hydrogen (secondary N) is 1. The predicted molar refractivity (Wildman–Crippen MR) is 213 cm³/mol. The van der Waals surface area contributed by atoms with Gasteiger partial charge >= 0.3 is 12.1 Å². The highest BCUT2D eigenvalue weighted by molar-refractivity contribution is 5.79. The van der Waals surface area contributed by atoms with Crippen LogP contribution in [0, 0.1) is 62.6 Å².